The Morgan fingerprint density at radius 3 is 2.71 bits per heavy atom. The third-order valence-corrected chi connectivity index (χ3v) is 6.25. The van der Waals surface area contributed by atoms with Gasteiger partial charge in [0.05, 0.1) is 17.7 Å². The van der Waals surface area contributed by atoms with E-state index in [0.29, 0.717) is 22.2 Å². The molecule has 0 unspecified atom stereocenters. The minimum absolute atomic E-state index is 0.199. The lowest BCUT2D eigenvalue weighted by Gasteiger charge is -2.13. The molecule has 3 aromatic carbocycles. The number of rotatable bonds is 7. The van der Waals surface area contributed by atoms with E-state index in [1.54, 1.807) is 37.1 Å². The molecule has 0 aliphatic rings. The van der Waals surface area contributed by atoms with Gasteiger partial charge in [-0.25, -0.2) is 0 Å². The monoisotopic (exact) mass is 497 g/mol. The van der Waals surface area contributed by atoms with Crippen LogP contribution in [0.15, 0.2) is 53.0 Å². The van der Waals surface area contributed by atoms with E-state index < -0.39 is 0 Å². The fourth-order valence-electron chi connectivity index (χ4n) is 2.87. The van der Waals surface area contributed by atoms with Crippen LogP contribution in [0.2, 0.25) is 10.0 Å². The predicted molar refractivity (Wildman–Crippen MR) is 123 cm³/mol. The summed E-state index contributed by atoms with van der Waals surface area (Å²) in [6.07, 6.45) is 0. The minimum Gasteiger partial charge on any atom is -0.496 e. The molecule has 0 saturated heterocycles. The molecule has 3 aromatic rings. The Hall–Kier alpha value is -1.40. The smallest absolute Gasteiger partial charge is 0.252 e. The highest BCUT2D eigenvalue weighted by Gasteiger charge is 2.11. The number of hydrogen-bond donors (Lipinski definition) is 1. The van der Waals surface area contributed by atoms with Crippen molar-refractivity contribution in [3.63, 3.8) is 0 Å². The van der Waals surface area contributed by atoms with Crippen LogP contribution in [0.3, 0.4) is 0 Å². The predicted octanol–water partition coefficient (Wildman–Crippen LogP) is 6.58. The normalized spacial score (nSPS) is 10.9. The highest BCUT2D eigenvalue weighted by molar-refractivity contribution is 9.10. The van der Waals surface area contributed by atoms with Gasteiger partial charge in [-0.05, 0) is 47.2 Å². The molecule has 0 radical (unpaired) electrons. The van der Waals surface area contributed by atoms with Gasteiger partial charge in [0.1, 0.15) is 5.75 Å². The Balaban J connectivity index is 1.59. The molecule has 0 fully saturated rings. The Morgan fingerprint density at radius 1 is 1.14 bits per heavy atom. The average Bonchev–Trinajstić information content (AvgIpc) is 2.67. The molecule has 146 valence electrons. The molecule has 1 N–H and O–H groups in total. The molecule has 0 bridgehead atoms. The Kier molecular flexibility index (Phi) is 7.52. The van der Waals surface area contributed by atoms with Crippen LogP contribution in [-0.4, -0.2) is 25.3 Å². The summed E-state index contributed by atoms with van der Waals surface area (Å²) in [6, 6.07) is 15.1. The van der Waals surface area contributed by atoms with E-state index >= 15 is 0 Å². The van der Waals surface area contributed by atoms with E-state index in [1.165, 1.54) is 5.39 Å². The molecule has 0 aromatic heterocycles. The zero-order chi connectivity index (χ0) is 20.1. The lowest BCUT2D eigenvalue weighted by Crippen LogP contribution is -2.26. The molecular formula is C21H18BrCl2NO2S. The molecule has 28 heavy (non-hydrogen) atoms. The minimum atomic E-state index is -0.199. The van der Waals surface area contributed by atoms with Crippen LogP contribution >= 0.6 is 50.9 Å². The van der Waals surface area contributed by atoms with Gasteiger partial charge in [-0.2, -0.15) is 11.8 Å². The van der Waals surface area contributed by atoms with Gasteiger partial charge in [0, 0.05) is 33.1 Å². The number of ether oxygens (including phenoxy) is 1. The van der Waals surface area contributed by atoms with Gasteiger partial charge < -0.3 is 10.1 Å². The molecule has 0 saturated carbocycles. The van der Waals surface area contributed by atoms with E-state index in [0.717, 1.165) is 32.7 Å². The summed E-state index contributed by atoms with van der Waals surface area (Å²) in [6.45, 7) is 0.543. The Bertz CT molecular complexity index is 1010. The molecule has 0 aliphatic carbocycles. The summed E-state index contributed by atoms with van der Waals surface area (Å²) in [5.41, 5.74) is 1.59. The molecule has 0 aliphatic heterocycles. The van der Waals surface area contributed by atoms with Gasteiger partial charge >= 0.3 is 0 Å². The average molecular weight is 499 g/mol. The third-order valence-electron chi connectivity index (χ3n) is 4.22. The molecule has 7 heteroatoms. The van der Waals surface area contributed by atoms with E-state index in [2.05, 4.69) is 39.4 Å². The fourth-order valence-corrected chi connectivity index (χ4v) is 4.63. The number of amides is 1. The summed E-state index contributed by atoms with van der Waals surface area (Å²) in [7, 11) is 1.68. The highest BCUT2D eigenvalue weighted by Crippen LogP contribution is 2.32. The van der Waals surface area contributed by atoms with Crippen molar-refractivity contribution < 1.29 is 9.53 Å². The number of carbonyl (C=O) groups is 1. The molecule has 1 amide bonds. The van der Waals surface area contributed by atoms with Gasteiger partial charge in [0.25, 0.3) is 5.91 Å². The van der Waals surface area contributed by atoms with Crippen LogP contribution in [0, 0.1) is 0 Å². The van der Waals surface area contributed by atoms with Crippen LogP contribution in [0.4, 0.5) is 0 Å². The van der Waals surface area contributed by atoms with Gasteiger partial charge in [-0.1, -0.05) is 51.3 Å². The molecular weight excluding hydrogens is 481 g/mol. The van der Waals surface area contributed by atoms with E-state index in [-0.39, 0.29) is 5.91 Å². The summed E-state index contributed by atoms with van der Waals surface area (Å²) in [4.78, 5) is 12.2. The SMILES string of the molecule is COc1ccc2cc(Br)ccc2c1CSCCNC(=O)c1ccc(Cl)cc1Cl. The first-order valence-electron chi connectivity index (χ1n) is 8.55. The van der Waals surface area contributed by atoms with Crippen LogP contribution in [0.25, 0.3) is 10.8 Å². The maximum atomic E-state index is 12.2. The lowest BCUT2D eigenvalue weighted by molar-refractivity contribution is 0.0956. The molecule has 3 rings (SSSR count). The molecule has 0 heterocycles. The maximum absolute atomic E-state index is 12.2. The van der Waals surface area contributed by atoms with Gasteiger partial charge in [0.2, 0.25) is 0 Å². The number of carbonyl (C=O) groups excluding carboxylic acids is 1. The van der Waals surface area contributed by atoms with Crippen molar-refractivity contribution in [1.82, 2.24) is 5.32 Å². The topological polar surface area (TPSA) is 38.3 Å². The number of methoxy groups -OCH3 is 1. The largest absolute Gasteiger partial charge is 0.496 e. The van der Waals surface area contributed by atoms with Gasteiger partial charge in [-0.3, -0.25) is 4.79 Å². The number of thioether (sulfide) groups is 1. The summed E-state index contributed by atoms with van der Waals surface area (Å²) < 4.78 is 6.59. The second kappa shape index (κ2) is 9.88. The lowest BCUT2D eigenvalue weighted by atomic mass is 10.0. The standard InChI is InChI=1S/C21H18BrCl2NO2S/c1-27-20-7-2-13-10-14(22)3-5-16(13)18(20)12-28-9-8-25-21(26)17-6-4-15(23)11-19(17)24/h2-7,10-11H,8-9,12H2,1H3,(H,25,26). The van der Waals surface area contributed by atoms with Crippen molar-refractivity contribution >= 4 is 67.6 Å². The summed E-state index contributed by atoms with van der Waals surface area (Å²) >= 11 is 17.2. The second-order valence-electron chi connectivity index (χ2n) is 6.04. The first-order chi connectivity index (χ1) is 13.5. The van der Waals surface area contributed by atoms with Crippen molar-refractivity contribution in [2.45, 2.75) is 5.75 Å². The van der Waals surface area contributed by atoms with Crippen LogP contribution in [0.1, 0.15) is 15.9 Å². The zero-order valence-electron chi connectivity index (χ0n) is 15.1. The van der Waals surface area contributed by atoms with Crippen LogP contribution in [-0.2, 0) is 5.75 Å². The molecule has 3 nitrogen and oxygen atoms in total. The van der Waals surface area contributed by atoms with Crippen molar-refractivity contribution in [3.05, 3.63) is 74.2 Å². The number of fused-ring (bicyclic) bond motifs is 1. The van der Waals surface area contributed by atoms with Crippen molar-refractivity contribution in [1.29, 1.82) is 0 Å². The number of nitrogens with one attached hydrogen (secondary N) is 1. The summed E-state index contributed by atoms with van der Waals surface area (Å²) in [5.74, 6) is 2.24. The first kappa shape index (κ1) is 21.3. The van der Waals surface area contributed by atoms with E-state index in [4.69, 9.17) is 27.9 Å². The second-order valence-corrected chi connectivity index (χ2v) is 8.91. The Morgan fingerprint density at radius 2 is 1.96 bits per heavy atom. The van der Waals surface area contributed by atoms with E-state index in [9.17, 15) is 4.79 Å². The van der Waals surface area contributed by atoms with Crippen molar-refractivity contribution in [2.75, 3.05) is 19.4 Å². The van der Waals surface area contributed by atoms with Crippen molar-refractivity contribution in [3.8, 4) is 5.75 Å². The molecule has 0 atom stereocenters. The van der Waals surface area contributed by atoms with Gasteiger partial charge in [0.15, 0.2) is 0 Å². The number of hydrogen-bond acceptors (Lipinski definition) is 3. The van der Waals surface area contributed by atoms with Crippen molar-refractivity contribution in [2.24, 2.45) is 0 Å². The quantitative estimate of drug-likeness (QED) is 0.374. The first-order valence-corrected chi connectivity index (χ1v) is 11.3. The fraction of sp³-hybridized carbons (Fsp3) is 0.190. The van der Waals surface area contributed by atoms with Crippen LogP contribution in [0.5, 0.6) is 5.75 Å². The maximum Gasteiger partial charge on any atom is 0.252 e. The van der Waals surface area contributed by atoms with E-state index in [1.807, 2.05) is 12.1 Å². The highest BCUT2D eigenvalue weighted by atomic mass is 79.9. The zero-order valence-corrected chi connectivity index (χ0v) is 19.0. The number of benzene rings is 3. The van der Waals surface area contributed by atoms with Crippen LogP contribution < -0.4 is 10.1 Å². The number of halogens is 3. The Labute approximate surface area is 186 Å². The molecule has 0 spiro atoms. The summed E-state index contributed by atoms with van der Waals surface area (Å²) in [5, 5.41) is 6.09. The third kappa shape index (κ3) is 5.15. The van der Waals surface area contributed by atoms with Gasteiger partial charge in [-0.15, -0.1) is 0 Å².